The fourth-order valence-electron chi connectivity index (χ4n) is 1.37. The van der Waals surface area contributed by atoms with Gasteiger partial charge in [-0.15, -0.1) is 6.58 Å². The van der Waals surface area contributed by atoms with E-state index in [2.05, 4.69) is 16.7 Å². The quantitative estimate of drug-likeness (QED) is 0.795. The lowest BCUT2D eigenvalue weighted by Crippen LogP contribution is -2.09. The lowest BCUT2D eigenvalue weighted by Gasteiger charge is -2.00. The molecule has 1 aromatic heterocycles. The van der Waals surface area contributed by atoms with Crippen LogP contribution in [0.1, 0.15) is 18.4 Å². The summed E-state index contributed by atoms with van der Waals surface area (Å²) in [4.78, 5) is 4.25. The highest BCUT2D eigenvalue weighted by molar-refractivity contribution is 5.53. The minimum absolute atomic E-state index is 0.275. The number of hydrogen-bond acceptors (Lipinski definition) is 4. The Morgan fingerprint density at radius 1 is 1.38 bits per heavy atom. The minimum atomic E-state index is -0.275. The summed E-state index contributed by atoms with van der Waals surface area (Å²) in [5.74, 6) is 1.01. The molecule has 0 fully saturated rings. The maximum absolute atomic E-state index is 5.83. The third-order valence-corrected chi connectivity index (χ3v) is 2.21. The van der Waals surface area contributed by atoms with Crippen LogP contribution in [0.25, 0.3) is 11.4 Å². The summed E-state index contributed by atoms with van der Waals surface area (Å²) in [6.45, 7) is 3.62. The maximum atomic E-state index is 5.83. The molecule has 4 nitrogen and oxygen atoms in total. The van der Waals surface area contributed by atoms with Crippen LogP contribution in [-0.4, -0.2) is 10.1 Å². The SMILES string of the molecule is C=CCC(N)c1nc(-c2ccccc2)no1. The van der Waals surface area contributed by atoms with E-state index >= 15 is 0 Å². The molecule has 1 unspecified atom stereocenters. The van der Waals surface area contributed by atoms with Crippen LogP contribution < -0.4 is 5.73 Å². The zero-order valence-electron chi connectivity index (χ0n) is 8.84. The molecular formula is C12H13N3O. The predicted molar refractivity (Wildman–Crippen MR) is 61.5 cm³/mol. The summed E-state index contributed by atoms with van der Waals surface area (Å²) >= 11 is 0. The van der Waals surface area contributed by atoms with Crippen LogP contribution in [-0.2, 0) is 0 Å². The molecule has 2 rings (SSSR count). The average Bonchev–Trinajstić information content (AvgIpc) is 2.80. The zero-order valence-corrected chi connectivity index (χ0v) is 8.84. The second kappa shape index (κ2) is 4.72. The molecule has 4 heteroatoms. The van der Waals surface area contributed by atoms with Crippen LogP contribution >= 0.6 is 0 Å². The summed E-state index contributed by atoms with van der Waals surface area (Å²) in [5.41, 5.74) is 6.75. The van der Waals surface area contributed by atoms with Gasteiger partial charge in [0, 0.05) is 5.56 Å². The van der Waals surface area contributed by atoms with Crippen molar-refractivity contribution in [3.8, 4) is 11.4 Å². The van der Waals surface area contributed by atoms with E-state index in [9.17, 15) is 0 Å². The summed E-state index contributed by atoms with van der Waals surface area (Å²) in [6.07, 6.45) is 2.35. The van der Waals surface area contributed by atoms with Crippen LogP contribution in [0.4, 0.5) is 0 Å². The molecule has 1 aromatic carbocycles. The van der Waals surface area contributed by atoms with Crippen LogP contribution in [0.5, 0.6) is 0 Å². The average molecular weight is 215 g/mol. The first kappa shape index (κ1) is 10.6. The number of nitrogens with zero attached hydrogens (tertiary/aromatic N) is 2. The van der Waals surface area contributed by atoms with Crippen molar-refractivity contribution >= 4 is 0 Å². The number of hydrogen-bond donors (Lipinski definition) is 1. The van der Waals surface area contributed by atoms with E-state index < -0.39 is 0 Å². The van der Waals surface area contributed by atoms with Crippen molar-refractivity contribution in [2.75, 3.05) is 0 Å². The maximum Gasteiger partial charge on any atom is 0.244 e. The van der Waals surface area contributed by atoms with Crippen molar-refractivity contribution in [3.05, 3.63) is 48.9 Å². The van der Waals surface area contributed by atoms with Gasteiger partial charge in [-0.1, -0.05) is 41.6 Å². The van der Waals surface area contributed by atoms with E-state index in [1.807, 2.05) is 30.3 Å². The third kappa shape index (κ3) is 2.17. The van der Waals surface area contributed by atoms with Crippen LogP contribution in [0.15, 0.2) is 47.5 Å². The second-order valence-corrected chi connectivity index (χ2v) is 3.45. The highest BCUT2D eigenvalue weighted by Gasteiger charge is 2.13. The Kier molecular flexibility index (Phi) is 3.12. The topological polar surface area (TPSA) is 64.9 Å². The molecule has 0 amide bonds. The fourth-order valence-corrected chi connectivity index (χ4v) is 1.37. The van der Waals surface area contributed by atoms with Crippen molar-refractivity contribution in [2.24, 2.45) is 5.73 Å². The lowest BCUT2D eigenvalue weighted by atomic mass is 10.2. The van der Waals surface area contributed by atoms with E-state index in [1.165, 1.54) is 0 Å². The summed E-state index contributed by atoms with van der Waals surface area (Å²) < 4.78 is 5.10. The van der Waals surface area contributed by atoms with Crippen molar-refractivity contribution in [1.82, 2.24) is 10.1 Å². The lowest BCUT2D eigenvalue weighted by molar-refractivity contribution is 0.356. The van der Waals surface area contributed by atoms with Crippen molar-refractivity contribution in [3.63, 3.8) is 0 Å². The predicted octanol–water partition coefficient (Wildman–Crippen LogP) is 2.31. The summed E-state index contributed by atoms with van der Waals surface area (Å²) in [5, 5.41) is 3.89. The molecule has 16 heavy (non-hydrogen) atoms. The highest BCUT2D eigenvalue weighted by atomic mass is 16.5. The molecule has 0 spiro atoms. The van der Waals surface area contributed by atoms with Crippen LogP contribution in [0.3, 0.4) is 0 Å². The van der Waals surface area contributed by atoms with Gasteiger partial charge in [0.1, 0.15) is 0 Å². The largest absolute Gasteiger partial charge is 0.337 e. The molecular weight excluding hydrogens is 202 g/mol. The van der Waals surface area contributed by atoms with Crippen LogP contribution in [0.2, 0.25) is 0 Å². The molecule has 0 aliphatic carbocycles. The van der Waals surface area contributed by atoms with E-state index in [1.54, 1.807) is 6.08 Å². The van der Waals surface area contributed by atoms with Crippen molar-refractivity contribution in [1.29, 1.82) is 0 Å². The van der Waals surface area contributed by atoms with Gasteiger partial charge in [0.2, 0.25) is 11.7 Å². The van der Waals surface area contributed by atoms with Crippen molar-refractivity contribution < 1.29 is 4.52 Å². The third-order valence-electron chi connectivity index (χ3n) is 2.21. The Bertz CT molecular complexity index is 464. The van der Waals surface area contributed by atoms with E-state index in [-0.39, 0.29) is 6.04 Å². The Labute approximate surface area is 93.8 Å². The van der Waals surface area contributed by atoms with Gasteiger partial charge < -0.3 is 10.3 Å². The monoisotopic (exact) mass is 215 g/mol. The molecule has 2 aromatic rings. The molecule has 0 aliphatic rings. The molecule has 1 heterocycles. The molecule has 82 valence electrons. The van der Waals surface area contributed by atoms with E-state index in [0.29, 0.717) is 18.1 Å². The van der Waals surface area contributed by atoms with Gasteiger partial charge in [-0.2, -0.15) is 4.98 Å². The van der Waals surface area contributed by atoms with Gasteiger partial charge in [-0.25, -0.2) is 0 Å². The smallest absolute Gasteiger partial charge is 0.244 e. The van der Waals surface area contributed by atoms with E-state index in [0.717, 1.165) is 5.56 Å². The standard InChI is InChI=1S/C12H13N3O/c1-2-6-10(13)12-14-11(15-16-12)9-7-4-3-5-8-9/h2-5,7-8,10H,1,6,13H2. The number of aromatic nitrogens is 2. The van der Waals surface area contributed by atoms with Gasteiger partial charge in [-0.3, -0.25) is 0 Å². The second-order valence-electron chi connectivity index (χ2n) is 3.45. The zero-order chi connectivity index (χ0) is 11.4. The first-order valence-corrected chi connectivity index (χ1v) is 5.06. The van der Waals surface area contributed by atoms with Gasteiger partial charge in [0.15, 0.2) is 0 Å². The molecule has 0 aliphatic heterocycles. The Hall–Kier alpha value is -1.94. The molecule has 0 radical (unpaired) electrons. The normalized spacial score (nSPS) is 12.3. The first-order valence-electron chi connectivity index (χ1n) is 5.06. The van der Waals surface area contributed by atoms with Gasteiger partial charge in [0.05, 0.1) is 6.04 Å². The summed E-state index contributed by atoms with van der Waals surface area (Å²) in [7, 11) is 0. The van der Waals surface area contributed by atoms with Crippen LogP contribution in [0, 0.1) is 0 Å². The first-order chi connectivity index (χ1) is 7.81. The van der Waals surface area contributed by atoms with Crippen molar-refractivity contribution in [2.45, 2.75) is 12.5 Å². The Morgan fingerprint density at radius 2 is 2.12 bits per heavy atom. The minimum Gasteiger partial charge on any atom is -0.337 e. The molecule has 0 saturated carbocycles. The van der Waals surface area contributed by atoms with Gasteiger partial charge in [0.25, 0.3) is 0 Å². The number of rotatable bonds is 4. The Morgan fingerprint density at radius 3 is 2.81 bits per heavy atom. The highest BCUT2D eigenvalue weighted by Crippen LogP contribution is 2.18. The molecule has 2 N–H and O–H groups in total. The van der Waals surface area contributed by atoms with Gasteiger partial charge >= 0.3 is 0 Å². The number of benzene rings is 1. The Balaban J connectivity index is 2.23. The van der Waals surface area contributed by atoms with Gasteiger partial charge in [-0.05, 0) is 6.42 Å². The summed E-state index contributed by atoms with van der Waals surface area (Å²) in [6, 6.07) is 9.36. The molecule has 1 atom stereocenters. The molecule has 0 saturated heterocycles. The fraction of sp³-hybridized carbons (Fsp3) is 0.167. The number of nitrogens with two attached hydrogens (primary N) is 1. The van der Waals surface area contributed by atoms with E-state index in [4.69, 9.17) is 10.3 Å². The molecule has 0 bridgehead atoms.